The second kappa shape index (κ2) is 7.53. The molecule has 1 aliphatic carbocycles. The fourth-order valence-corrected chi connectivity index (χ4v) is 5.26. The zero-order valence-electron chi connectivity index (χ0n) is 16.2. The summed E-state index contributed by atoms with van der Waals surface area (Å²) in [7, 11) is 1.68. The first-order chi connectivity index (χ1) is 13.1. The Bertz CT molecular complexity index is 735. The maximum atomic E-state index is 13.4. The van der Waals surface area contributed by atoms with E-state index in [0.29, 0.717) is 25.0 Å². The summed E-state index contributed by atoms with van der Waals surface area (Å²) in [6, 6.07) is 8.07. The first kappa shape index (κ1) is 18.9. The van der Waals surface area contributed by atoms with E-state index < -0.39 is 5.54 Å². The van der Waals surface area contributed by atoms with Crippen molar-refractivity contribution in [3.05, 3.63) is 34.9 Å². The van der Waals surface area contributed by atoms with E-state index in [4.69, 9.17) is 21.3 Å². The molecule has 0 radical (unpaired) electrons. The molecule has 146 valence electrons. The monoisotopic (exact) mass is 389 g/mol. The Labute approximate surface area is 166 Å². The average Bonchev–Trinajstić information content (AvgIpc) is 3.30. The van der Waals surface area contributed by atoms with Gasteiger partial charge in [-0.05, 0) is 36.5 Å². The van der Waals surface area contributed by atoms with Crippen molar-refractivity contribution in [3.8, 4) is 0 Å². The SMILES string of the molecule is CCC1=N[C@@]2(CC[C@@H]3CN(Cc4ccc(Cl)cc4)C[C@@H]32)C(=O)N1CCOC. The second-order valence-corrected chi connectivity index (χ2v) is 8.42. The van der Waals surface area contributed by atoms with Gasteiger partial charge in [-0.15, -0.1) is 0 Å². The van der Waals surface area contributed by atoms with E-state index in [1.165, 1.54) is 5.56 Å². The number of fused-ring (bicyclic) bond motifs is 2. The summed E-state index contributed by atoms with van der Waals surface area (Å²) < 4.78 is 5.21. The minimum absolute atomic E-state index is 0.206. The normalized spacial score (nSPS) is 30.4. The second-order valence-electron chi connectivity index (χ2n) is 7.98. The van der Waals surface area contributed by atoms with Crippen LogP contribution in [0.5, 0.6) is 0 Å². The molecule has 0 aromatic heterocycles. The van der Waals surface area contributed by atoms with Crippen LogP contribution >= 0.6 is 11.6 Å². The molecule has 27 heavy (non-hydrogen) atoms. The molecule has 2 heterocycles. The smallest absolute Gasteiger partial charge is 0.256 e. The van der Waals surface area contributed by atoms with E-state index in [0.717, 1.165) is 49.8 Å². The van der Waals surface area contributed by atoms with Gasteiger partial charge in [0.25, 0.3) is 5.91 Å². The summed E-state index contributed by atoms with van der Waals surface area (Å²) in [4.78, 5) is 22.8. The third-order valence-electron chi connectivity index (χ3n) is 6.44. The van der Waals surface area contributed by atoms with Crippen LogP contribution in [0.15, 0.2) is 29.3 Å². The zero-order valence-corrected chi connectivity index (χ0v) is 16.9. The van der Waals surface area contributed by atoms with Gasteiger partial charge < -0.3 is 4.74 Å². The van der Waals surface area contributed by atoms with Crippen LogP contribution in [-0.2, 0) is 16.1 Å². The van der Waals surface area contributed by atoms with Crippen molar-refractivity contribution in [1.29, 1.82) is 0 Å². The van der Waals surface area contributed by atoms with E-state index in [2.05, 4.69) is 24.0 Å². The summed E-state index contributed by atoms with van der Waals surface area (Å²) in [5.74, 6) is 2.03. The number of carbonyl (C=O) groups is 1. The molecular formula is C21H28ClN3O2. The largest absolute Gasteiger partial charge is 0.383 e. The minimum Gasteiger partial charge on any atom is -0.383 e. The van der Waals surface area contributed by atoms with E-state index in [-0.39, 0.29) is 5.91 Å². The quantitative estimate of drug-likeness (QED) is 0.750. The molecule has 1 spiro atoms. The van der Waals surface area contributed by atoms with Crippen LogP contribution in [-0.4, -0.2) is 60.4 Å². The van der Waals surface area contributed by atoms with E-state index in [1.807, 2.05) is 17.0 Å². The molecule has 3 aliphatic rings. The Balaban J connectivity index is 1.50. The van der Waals surface area contributed by atoms with Crippen molar-refractivity contribution in [1.82, 2.24) is 9.80 Å². The minimum atomic E-state index is -0.529. The Morgan fingerprint density at radius 2 is 2.07 bits per heavy atom. The predicted octanol–water partition coefficient (Wildman–Crippen LogP) is 3.22. The van der Waals surface area contributed by atoms with Gasteiger partial charge in [0.1, 0.15) is 11.4 Å². The van der Waals surface area contributed by atoms with Crippen molar-refractivity contribution in [2.75, 3.05) is 33.4 Å². The number of nitrogens with zero attached hydrogens (tertiary/aromatic N) is 3. The molecule has 4 rings (SSSR count). The number of likely N-dealkylation sites (tertiary alicyclic amines) is 1. The van der Waals surface area contributed by atoms with Gasteiger partial charge in [-0.1, -0.05) is 30.7 Å². The highest BCUT2D eigenvalue weighted by Gasteiger charge is 2.60. The number of hydrogen-bond donors (Lipinski definition) is 0. The van der Waals surface area contributed by atoms with Crippen LogP contribution < -0.4 is 0 Å². The Morgan fingerprint density at radius 3 is 2.78 bits per heavy atom. The number of ether oxygens (including phenoxy) is 1. The first-order valence-electron chi connectivity index (χ1n) is 9.94. The lowest BCUT2D eigenvalue weighted by Crippen LogP contribution is -2.47. The van der Waals surface area contributed by atoms with E-state index in [9.17, 15) is 4.79 Å². The number of methoxy groups -OCH3 is 1. The highest BCUT2D eigenvalue weighted by molar-refractivity contribution is 6.30. The van der Waals surface area contributed by atoms with E-state index in [1.54, 1.807) is 7.11 Å². The Morgan fingerprint density at radius 1 is 1.30 bits per heavy atom. The van der Waals surface area contributed by atoms with Gasteiger partial charge in [-0.2, -0.15) is 0 Å². The summed E-state index contributed by atoms with van der Waals surface area (Å²) in [5, 5.41) is 0.769. The van der Waals surface area contributed by atoms with Crippen molar-refractivity contribution in [2.24, 2.45) is 16.8 Å². The molecule has 1 aromatic rings. The number of amides is 1. The van der Waals surface area contributed by atoms with Gasteiger partial charge in [-0.25, -0.2) is 0 Å². The average molecular weight is 390 g/mol. The van der Waals surface area contributed by atoms with Crippen LogP contribution in [0.1, 0.15) is 31.7 Å². The van der Waals surface area contributed by atoms with Crippen molar-refractivity contribution in [2.45, 2.75) is 38.3 Å². The van der Waals surface area contributed by atoms with Crippen LogP contribution in [0.4, 0.5) is 0 Å². The number of rotatable bonds is 6. The maximum absolute atomic E-state index is 13.4. The molecule has 1 amide bonds. The van der Waals surface area contributed by atoms with Crippen LogP contribution in [0.2, 0.25) is 5.02 Å². The van der Waals surface area contributed by atoms with Gasteiger partial charge in [-0.3, -0.25) is 19.6 Å². The molecule has 2 fully saturated rings. The molecule has 3 atom stereocenters. The lowest BCUT2D eigenvalue weighted by atomic mass is 9.85. The van der Waals surface area contributed by atoms with Gasteiger partial charge in [0, 0.05) is 44.1 Å². The molecule has 1 saturated carbocycles. The summed E-state index contributed by atoms with van der Waals surface area (Å²) in [5.41, 5.74) is 0.740. The number of hydrogen-bond acceptors (Lipinski definition) is 4. The number of aliphatic imine (C=N–C) groups is 1. The number of benzene rings is 1. The summed E-state index contributed by atoms with van der Waals surface area (Å²) >= 11 is 6.00. The molecule has 2 aliphatic heterocycles. The number of halogens is 1. The van der Waals surface area contributed by atoms with Crippen LogP contribution in [0.25, 0.3) is 0 Å². The topological polar surface area (TPSA) is 45.1 Å². The zero-order chi connectivity index (χ0) is 19.0. The highest BCUT2D eigenvalue weighted by Crippen LogP contribution is 2.50. The molecule has 1 saturated heterocycles. The lowest BCUT2D eigenvalue weighted by molar-refractivity contribution is -0.132. The third kappa shape index (κ3) is 3.30. The van der Waals surface area contributed by atoms with Crippen molar-refractivity contribution >= 4 is 23.3 Å². The fraction of sp³-hybridized carbons (Fsp3) is 0.619. The molecule has 0 N–H and O–H groups in total. The summed E-state index contributed by atoms with van der Waals surface area (Å²) in [6.45, 7) is 6.15. The first-order valence-corrected chi connectivity index (χ1v) is 10.3. The number of carbonyl (C=O) groups excluding carboxylic acids is 1. The van der Waals surface area contributed by atoms with Gasteiger partial charge in [0.15, 0.2) is 0 Å². The van der Waals surface area contributed by atoms with E-state index >= 15 is 0 Å². The van der Waals surface area contributed by atoms with Gasteiger partial charge in [0.2, 0.25) is 0 Å². The highest BCUT2D eigenvalue weighted by atomic mass is 35.5. The predicted molar refractivity (Wildman–Crippen MR) is 107 cm³/mol. The Hall–Kier alpha value is -1.43. The van der Waals surface area contributed by atoms with Crippen LogP contribution in [0.3, 0.4) is 0 Å². The molecule has 0 unspecified atom stereocenters. The third-order valence-corrected chi connectivity index (χ3v) is 6.69. The van der Waals surface area contributed by atoms with Crippen LogP contribution in [0, 0.1) is 11.8 Å². The molecular weight excluding hydrogens is 362 g/mol. The molecule has 5 nitrogen and oxygen atoms in total. The lowest BCUT2D eigenvalue weighted by Gasteiger charge is -2.28. The van der Waals surface area contributed by atoms with Crippen molar-refractivity contribution < 1.29 is 9.53 Å². The maximum Gasteiger partial charge on any atom is 0.256 e. The van der Waals surface area contributed by atoms with Gasteiger partial charge in [0.05, 0.1) is 13.2 Å². The standard InChI is InChI=1S/C21H28ClN3O2/c1-3-19-23-21(20(26)25(19)10-11-27-2)9-8-16-13-24(14-18(16)21)12-15-4-6-17(22)7-5-15/h4-7,16,18H,3,8-14H2,1-2H3/t16-,18+,21-/m1/s1. The van der Waals surface area contributed by atoms with Crippen molar-refractivity contribution in [3.63, 3.8) is 0 Å². The fourth-order valence-electron chi connectivity index (χ4n) is 5.14. The molecule has 1 aromatic carbocycles. The van der Waals surface area contributed by atoms with Gasteiger partial charge >= 0.3 is 0 Å². The molecule has 0 bridgehead atoms. The summed E-state index contributed by atoms with van der Waals surface area (Å²) in [6.07, 6.45) is 2.78. The Kier molecular flexibility index (Phi) is 5.28. The number of amidine groups is 1. The molecule has 6 heteroatoms.